The molecule has 1 saturated heterocycles. The number of para-hydroxylation sites is 1. The minimum atomic E-state index is -1.14. The number of rotatable bonds is 2. The molecule has 23 heavy (non-hydrogen) atoms. The number of hydrogen-bond acceptors (Lipinski definition) is 6. The number of cyclic esters (lactones) is 1. The second-order valence-corrected chi connectivity index (χ2v) is 5.29. The van der Waals surface area contributed by atoms with Crippen LogP contribution in [0.3, 0.4) is 0 Å². The van der Waals surface area contributed by atoms with Gasteiger partial charge < -0.3 is 19.5 Å². The van der Waals surface area contributed by atoms with E-state index in [2.05, 4.69) is 10.9 Å². The SMILES string of the molecule is C#CC(O)[C@H]1CN(c2cccc3c2OC=C2N=CCN23)C(=O)O1. The highest BCUT2D eigenvalue weighted by molar-refractivity contribution is 5.94. The summed E-state index contributed by atoms with van der Waals surface area (Å²) in [5.74, 6) is 3.45. The summed E-state index contributed by atoms with van der Waals surface area (Å²) in [7, 11) is 0. The van der Waals surface area contributed by atoms with Crippen LogP contribution in [0.25, 0.3) is 0 Å². The molecule has 0 aliphatic carbocycles. The zero-order valence-electron chi connectivity index (χ0n) is 12.0. The molecular formula is C16H13N3O4. The van der Waals surface area contributed by atoms with E-state index in [4.69, 9.17) is 15.9 Å². The molecule has 3 aliphatic heterocycles. The molecule has 0 radical (unpaired) electrons. The fourth-order valence-electron chi connectivity index (χ4n) is 2.82. The maximum absolute atomic E-state index is 12.1. The molecule has 0 spiro atoms. The molecule has 0 aromatic heterocycles. The van der Waals surface area contributed by atoms with Crippen LogP contribution in [-0.4, -0.2) is 42.7 Å². The lowest BCUT2D eigenvalue weighted by atomic mass is 10.1. The quantitative estimate of drug-likeness (QED) is 0.828. The predicted octanol–water partition coefficient (Wildman–Crippen LogP) is 1.09. The van der Waals surface area contributed by atoms with Gasteiger partial charge in [-0.05, 0) is 12.1 Å². The van der Waals surface area contributed by atoms with E-state index in [1.807, 2.05) is 17.0 Å². The van der Waals surface area contributed by atoms with E-state index in [9.17, 15) is 9.90 Å². The van der Waals surface area contributed by atoms with Crippen LogP contribution in [0, 0.1) is 12.3 Å². The average molecular weight is 311 g/mol. The number of benzene rings is 1. The Morgan fingerprint density at radius 3 is 2.96 bits per heavy atom. The van der Waals surface area contributed by atoms with Crippen LogP contribution in [-0.2, 0) is 4.74 Å². The van der Waals surface area contributed by atoms with Crippen LogP contribution in [0.2, 0.25) is 0 Å². The third-order valence-electron chi connectivity index (χ3n) is 3.96. The third-order valence-corrected chi connectivity index (χ3v) is 3.96. The number of terminal acetylenes is 1. The molecule has 1 fully saturated rings. The van der Waals surface area contributed by atoms with Crippen molar-refractivity contribution in [2.45, 2.75) is 12.2 Å². The van der Waals surface area contributed by atoms with Gasteiger partial charge in [-0.25, -0.2) is 9.79 Å². The van der Waals surface area contributed by atoms with Gasteiger partial charge >= 0.3 is 6.09 Å². The summed E-state index contributed by atoms with van der Waals surface area (Å²) < 4.78 is 10.8. The number of aliphatic hydroxyl groups excluding tert-OH is 1. The van der Waals surface area contributed by atoms with E-state index in [1.165, 1.54) is 4.90 Å². The van der Waals surface area contributed by atoms with Crippen LogP contribution in [0.15, 0.2) is 35.3 Å². The Morgan fingerprint density at radius 2 is 2.17 bits per heavy atom. The minimum Gasteiger partial charge on any atom is -0.457 e. The molecule has 0 bridgehead atoms. The normalized spacial score (nSPS) is 22.7. The van der Waals surface area contributed by atoms with Crippen molar-refractivity contribution < 1.29 is 19.4 Å². The molecule has 2 atom stereocenters. The van der Waals surface area contributed by atoms with E-state index in [-0.39, 0.29) is 6.54 Å². The number of fused-ring (bicyclic) bond motifs is 3. The standard InChI is InChI=1S/C16H13N3O4/c1-2-12(20)13-8-19(16(21)23-13)11-5-3-4-10-15(11)22-9-14-17-6-7-18(10)14/h1,3-6,9,12-13,20H,7-8H2/t12?,13-/m1/s1. The van der Waals surface area contributed by atoms with Crippen LogP contribution in [0.1, 0.15) is 0 Å². The number of aliphatic hydroxyl groups is 1. The highest BCUT2D eigenvalue weighted by Gasteiger charge is 2.38. The number of hydrogen-bond donors (Lipinski definition) is 1. The number of carbonyl (C=O) groups excluding carboxylic acids is 1. The molecule has 116 valence electrons. The molecule has 1 aromatic carbocycles. The molecule has 0 saturated carbocycles. The number of aliphatic imine (C=N–C) groups is 1. The van der Waals surface area contributed by atoms with Crippen molar-refractivity contribution in [3.8, 4) is 18.1 Å². The van der Waals surface area contributed by atoms with E-state index >= 15 is 0 Å². The summed E-state index contributed by atoms with van der Waals surface area (Å²) in [5, 5.41) is 9.70. The van der Waals surface area contributed by atoms with Crippen molar-refractivity contribution in [2.24, 2.45) is 4.99 Å². The summed E-state index contributed by atoms with van der Waals surface area (Å²) >= 11 is 0. The van der Waals surface area contributed by atoms with E-state index in [0.717, 1.165) is 11.5 Å². The summed E-state index contributed by atoms with van der Waals surface area (Å²) in [6.07, 6.45) is 6.07. The van der Waals surface area contributed by atoms with Gasteiger partial charge in [0.25, 0.3) is 0 Å². The lowest BCUT2D eigenvalue weighted by molar-refractivity contribution is 0.0641. The zero-order valence-corrected chi connectivity index (χ0v) is 12.0. The molecule has 1 N–H and O–H groups in total. The predicted molar refractivity (Wildman–Crippen MR) is 83.4 cm³/mol. The smallest absolute Gasteiger partial charge is 0.415 e. The first-order valence-corrected chi connectivity index (χ1v) is 7.11. The number of anilines is 2. The Bertz CT molecular complexity index is 780. The first-order chi connectivity index (χ1) is 11.2. The van der Waals surface area contributed by atoms with E-state index in [1.54, 1.807) is 18.5 Å². The Balaban J connectivity index is 1.69. The van der Waals surface area contributed by atoms with Gasteiger partial charge in [0.2, 0.25) is 0 Å². The Labute approximate surface area is 132 Å². The van der Waals surface area contributed by atoms with Gasteiger partial charge in [-0.3, -0.25) is 4.90 Å². The Kier molecular flexibility index (Phi) is 2.99. The minimum absolute atomic E-state index is 0.164. The highest BCUT2D eigenvalue weighted by Crippen LogP contribution is 2.44. The fourth-order valence-corrected chi connectivity index (χ4v) is 2.82. The van der Waals surface area contributed by atoms with Gasteiger partial charge in [-0.1, -0.05) is 12.0 Å². The van der Waals surface area contributed by atoms with Crippen molar-refractivity contribution in [3.05, 3.63) is 30.3 Å². The number of ether oxygens (including phenoxy) is 2. The molecule has 7 heteroatoms. The number of carbonyl (C=O) groups is 1. The van der Waals surface area contributed by atoms with E-state index < -0.39 is 18.3 Å². The molecule has 1 unspecified atom stereocenters. The van der Waals surface area contributed by atoms with Gasteiger partial charge in [-0.15, -0.1) is 6.42 Å². The largest absolute Gasteiger partial charge is 0.457 e. The monoisotopic (exact) mass is 311 g/mol. The number of nitrogens with zero attached hydrogens (tertiary/aromatic N) is 3. The second-order valence-electron chi connectivity index (χ2n) is 5.29. The van der Waals surface area contributed by atoms with Gasteiger partial charge in [0.1, 0.15) is 6.26 Å². The first-order valence-electron chi connectivity index (χ1n) is 7.11. The lowest BCUT2D eigenvalue weighted by Crippen LogP contribution is -2.31. The molecule has 1 aromatic rings. The lowest BCUT2D eigenvalue weighted by Gasteiger charge is -2.28. The Morgan fingerprint density at radius 1 is 1.39 bits per heavy atom. The summed E-state index contributed by atoms with van der Waals surface area (Å²) in [4.78, 5) is 19.8. The summed E-state index contributed by atoms with van der Waals surface area (Å²) in [5.41, 5.74) is 1.40. The van der Waals surface area contributed by atoms with Crippen molar-refractivity contribution in [1.29, 1.82) is 0 Å². The van der Waals surface area contributed by atoms with Crippen LogP contribution >= 0.6 is 0 Å². The van der Waals surface area contributed by atoms with Crippen molar-refractivity contribution >= 4 is 23.7 Å². The molecule has 4 rings (SSSR count). The first kappa shape index (κ1) is 13.7. The van der Waals surface area contributed by atoms with Gasteiger partial charge in [0.05, 0.1) is 24.5 Å². The second kappa shape index (κ2) is 5.04. The maximum atomic E-state index is 12.1. The van der Waals surface area contributed by atoms with Gasteiger partial charge in [0, 0.05) is 6.21 Å². The zero-order chi connectivity index (χ0) is 16.0. The van der Waals surface area contributed by atoms with Crippen LogP contribution in [0.4, 0.5) is 16.2 Å². The summed E-state index contributed by atoms with van der Waals surface area (Å²) in [6.45, 7) is 0.811. The van der Waals surface area contributed by atoms with Crippen molar-refractivity contribution in [3.63, 3.8) is 0 Å². The van der Waals surface area contributed by atoms with Gasteiger partial charge in [0.15, 0.2) is 23.8 Å². The van der Waals surface area contributed by atoms with Crippen LogP contribution in [0.5, 0.6) is 5.75 Å². The number of amides is 1. The van der Waals surface area contributed by atoms with Crippen LogP contribution < -0.4 is 14.5 Å². The highest BCUT2D eigenvalue weighted by atomic mass is 16.6. The topological polar surface area (TPSA) is 74.6 Å². The van der Waals surface area contributed by atoms with E-state index in [0.29, 0.717) is 18.0 Å². The molecule has 3 heterocycles. The van der Waals surface area contributed by atoms with Crippen molar-refractivity contribution in [1.82, 2.24) is 0 Å². The fraction of sp³-hybridized carbons (Fsp3) is 0.250. The van der Waals surface area contributed by atoms with Gasteiger partial charge in [-0.2, -0.15) is 0 Å². The molecule has 3 aliphatic rings. The molecular weight excluding hydrogens is 298 g/mol. The summed E-state index contributed by atoms with van der Waals surface area (Å²) in [6, 6.07) is 5.49. The average Bonchev–Trinajstić information content (AvgIpc) is 3.20. The third kappa shape index (κ3) is 2.04. The Hall–Kier alpha value is -2.98. The van der Waals surface area contributed by atoms with Crippen molar-refractivity contribution in [2.75, 3.05) is 22.9 Å². The molecule has 7 nitrogen and oxygen atoms in total. The maximum Gasteiger partial charge on any atom is 0.415 e. The molecule has 1 amide bonds.